The number of aryl methyl sites for hydroxylation is 1. The predicted octanol–water partition coefficient (Wildman–Crippen LogP) is 4.11. The maximum atomic E-state index is 12.3. The summed E-state index contributed by atoms with van der Waals surface area (Å²) in [5, 5.41) is 0. The number of Topliss-reactive ketones (excluding diaryl/α,β-unsaturated/α-hetero) is 1. The third-order valence-corrected chi connectivity index (χ3v) is 6.35. The predicted molar refractivity (Wildman–Crippen MR) is 76.1 cm³/mol. The topological polar surface area (TPSA) is 17.1 Å². The summed E-state index contributed by atoms with van der Waals surface area (Å²) in [6, 6.07) is 9.00. The zero-order chi connectivity index (χ0) is 13.0. The lowest BCUT2D eigenvalue weighted by Gasteiger charge is -2.48. The summed E-state index contributed by atoms with van der Waals surface area (Å²) in [5.74, 6) is 2.70. The number of carbonyl (C=O) groups excluding carboxylic acids is 1. The molecule has 3 aliphatic carbocycles. The van der Waals surface area contributed by atoms with Crippen LogP contribution in [0.5, 0.6) is 0 Å². The molecule has 0 N–H and O–H groups in total. The fourth-order valence-electron chi connectivity index (χ4n) is 5.29. The summed E-state index contributed by atoms with van der Waals surface area (Å²) in [6.07, 6.45) is 6.85. The van der Waals surface area contributed by atoms with Crippen molar-refractivity contribution < 1.29 is 4.79 Å². The first-order valence-electron chi connectivity index (χ1n) is 7.81. The molecule has 1 aromatic carbocycles. The Morgan fingerprint density at radius 2 is 1.95 bits per heavy atom. The maximum absolute atomic E-state index is 12.3. The van der Waals surface area contributed by atoms with Crippen LogP contribution in [-0.4, -0.2) is 5.78 Å². The Bertz CT molecular complexity index is 532. The molecular weight excluding hydrogens is 232 g/mol. The molecule has 0 amide bonds. The van der Waals surface area contributed by atoms with E-state index in [0.717, 1.165) is 31.1 Å². The largest absolute Gasteiger partial charge is 0.299 e. The number of rotatable bonds is 0. The van der Waals surface area contributed by atoms with Crippen LogP contribution in [-0.2, 0) is 11.2 Å². The van der Waals surface area contributed by atoms with Gasteiger partial charge in [0.1, 0.15) is 5.78 Å². The molecule has 0 spiro atoms. The van der Waals surface area contributed by atoms with Crippen molar-refractivity contribution in [3.05, 3.63) is 35.4 Å². The Morgan fingerprint density at radius 1 is 1.11 bits per heavy atom. The normalized spacial score (nSPS) is 40.5. The fourth-order valence-corrected chi connectivity index (χ4v) is 5.29. The van der Waals surface area contributed by atoms with Crippen LogP contribution in [0.1, 0.15) is 56.1 Å². The van der Waals surface area contributed by atoms with E-state index in [-0.39, 0.29) is 5.41 Å². The lowest BCUT2D eigenvalue weighted by atomic mass is 9.55. The highest BCUT2D eigenvalue weighted by atomic mass is 16.1. The third kappa shape index (κ3) is 1.50. The number of carbonyl (C=O) groups is 1. The highest BCUT2D eigenvalue weighted by molar-refractivity contribution is 5.87. The van der Waals surface area contributed by atoms with Crippen molar-refractivity contribution in [3.8, 4) is 0 Å². The molecule has 1 nitrogen and oxygen atoms in total. The van der Waals surface area contributed by atoms with Crippen molar-refractivity contribution in [1.29, 1.82) is 0 Å². The number of ketones is 1. The minimum atomic E-state index is 0.0213. The average Bonchev–Trinajstić information content (AvgIpc) is 2.75. The van der Waals surface area contributed by atoms with Gasteiger partial charge in [0, 0.05) is 11.8 Å². The van der Waals surface area contributed by atoms with Crippen molar-refractivity contribution in [1.82, 2.24) is 0 Å². The second-order valence-electron chi connectivity index (χ2n) is 7.03. The van der Waals surface area contributed by atoms with E-state index in [1.165, 1.54) is 19.3 Å². The molecule has 0 bridgehead atoms. The summed E-state index contributed by atoms with van der Waals surface area (Å²) in [4.78, 5) is 12.3. The van der Waals surface area contributed by atoms with Crippen molar-refractivity contribution in [2.75, 3.05) is 0 Å². The monoisotopic (exact) mass is 254 g/mol. The van der Waals surface area contributed by atoms with E-state index >= 15 is 0 Å². The van der Waals surface area contributed by atoms with Gasteiger partial charge in [0.25, 0.3) is 0 Å². The number of benzene rings is 1. The van der Waals surface area contributed by atoms with Gasteiger partial charge in [0.05, 0.1) is 0 Å². The maximum Gasteiger partial charge on any atom is 0.139 e. The van der Waals surface area contributed by atoms with Gasteiger partial charge in [0.2, 0.25) is 0 Å². The molecule has 100 valence electrons. The SMILES string of the molecule is C[C@@]12CC[C@H]3c4ccccc4CC[C@@H]3[C@@H]1CCC2=O. The van der Waals surface area contributed by atoms with Gasteiger partial charge in [0.15, 0.2) is 0 Å². The highest BCUT2D eigenvalue weighted by Gasteiger charge is 2.54. The molecule has 0 unspecified atom stereocenters. The zero-order valence-electron chi connectivity index (χ0n) is 11.7. The summed E-state index contributed by atoms with van der Waals surface area (Å²) in [7, 11) is 0. The van der Waals surface area contributed by atoms with E-state index < -0.39 is 0 Å². The van der Waals surface area contributed by atoms with Gasteiger partial charge < -0.3 is 0 Å². The van der Waals surface area contributed by atoms with E-state index in [0.29, 0.717) is 11.7 Å². The first-order chi connectivity index (χ1) is 9.20. The zero-order valence-corrected chi connectivity index (χ0v) is 11.7. The van der Waals surface area contributed by atoms with Gasteiger partial charge >= 0.3 is 0 Å². The number of fused-ring (bicyclic) bond motifs is 5. The lowest BCUT2D eigenvalue weighted by Crippen LogP contribution is -2.42. The van der Waals surface area contributed by atoms with Gasteiger partial charge in [-0.2, -0.15) is 0 Å². The van der Waals surface area contributed by atoms with Crippen molar-refractivity contribution in [3.63, 3.8) is 0 Å². The van der Waals surface area contributed by atoms with Crippen LogP contribution in [0.3, 0.4) is 0 Å². The first-order valence-corrected chi connectivity index (χ1v) is 7.81. The molecule has 4 atom stereocenters. The molecule has 3 aliphatic rings. The minimum absolute atomic E-state index is 0.0213. The Hall–Kier alpha value is -1.11. The van der Waals surface area contributed by atoms with Gasteiger partial charge in [-0.15, -0.1) is 0 Å². The smallest absolute Gasteiger partial charge is 0.139 e. The molecule has 0 radical (unpaired) electrons. The van der Waals surface area contributed by atoms with Gasteiger partial charge in [-0.3, -0.25) is 4.79 Å². The molecule has 2 saturated carbocycles. The van der Waals surface area contributed by atoms with Crippen molar-refractivity contribution >= 4 is 5.78 Å². The standard InChI is InChI=1S/C18H22O/c1-18-11-10-14-13-5-3-2-4-12(13)6-7-15(14)16(18)8-9-17(18)19/h2-5,14-16H,6-11H2,1H3/t14-,15-,16-,18+/m0/s1. The molecule has 2 fully saturated rings. The van der Waals surface area contributed by atoms with E-state index in [2.05, 4.69) is 31.2 Å². The van der Waals surface area contributed by atoms with E-state index in [9.17, 15) is 4.79 Å². The second kappa shape index (κ2) is 3.94. The quantitative estimate of drug-likeness (QED) is 0.681. The van der Waals surface area contributed by atoms with Crippen LogP contribution < -0.4 is 0 Å². The van der Waals surface area contributed by atoms with E-state index in [4.69, 9.17) is 0 Å². The Balaban J connectivity index is 1.74. The molecular formula is C18H22O. The molecule has 1 aromatic rings. The summed E-state index contributed by atoms with van der Waals surface area (Å²) >= 11 is 0. The molecule has 0 heterocycles. The summed E-state index contributed by atoms with van der Waals surface area (Å²) in [5.41, 5.74) is 3.19. The molecule has 0 aliphatic heterocycles. The Kier molecular flexibility index (Phi) is 2.43. The van der Waals surface area contributed by atoms with Gasteiger partial charge in [-0.1, -0.05) is 31.2 Å². The lowest BCUT2D eigenvalue weighted by molar-refractivity contribution is -0.129. The van der Waals surface area contributed by atoms with Crippen molar-refractivity contribution in [2.24, 2.45) is 17.3 Å². The van der Waals surface area contributed by atoms with Gasteiger partial charge in [-0.25, -0.2) is 0 Å². The Labute approximate surface area is 115 Å². The second-order valence-corrected chi connectivity index (χ2v) is 7.03. The molecule has 4 rings (SSSR count). The van der Waals surface area contributed by atoms with Gasteiger partial charge in [-0.05, 0) is 61.0 Å². The van der Waals surface area contributed by atoms with E-state index in [1.807, 2.05) is 0 Å². The van der Waals surface area contributed by atoms with Crippen LogP contribution in [0.25, 0.3) is 0 Å². The summed E-state index contributed by atoms with van der Waals surface area (Å²) < 4.78 is 0. The third-order valence-electron chi connectivity index (χ3n) is 6.35. The minimum Gasteiger partial charge on any atom is -0.299 e. The Morgan fingerprint density at radius 3 is 2.84 bits per heavy atom. The molecule has 19 heavy (non-hydrogen) atoms. The molecule has 1 heteroatoms. The molecule has 0 aromatic heterocycles. The molecule has 0 saturated heterocycles. The number of hydrogen-bond donors (Lipinski definition) is 0. The van der Waals surface area contributed by atoms with E-state index in [1.54, 1.807) is 11.1 Å². The van der Waals surface area contributed by atoms with Crippen molar-refractivity contribution in [2.45, 2.75) is 51.4 Å². The first kappa shape index (κ1) is 11.7. The average molecular weight is 254 g/mol. The van der Waals surface area contributed by atoms with Crippen LogP contribution in [0.4, 0.5) is 0 Å². The van der Waals surface area contributed by atoms with Crippen LogP contribution in [0.2, 0.25) is 0 Å². The number of hydrogen-bond acceptors (Lipinski definition) is 1. The van der Waals surface area contributed by atoms with Crippen LogP contribution in [0.15, 0.2) is 24.3 Å². The van der Waals surface area contributed by atoms with Crippen LogP contribution in [0, 0.1) is 17.3 Å². The summed E-state index contributed by atoms with van der Waals surface area (Å²) in [6.45, 7) is 2.25. The fraction of sp³-hybridized carbons (Fsp3) is 0.611. The highest BCUT2D eigenvalue weighted by Crippen LogP contribution is 2.59. The van der Waals surface area contributed by atoms with Crippen LogP contribution >= 0.6 is 0 Å².